The zero-order valence-electron chi connectivity index (χ0n) is 20.4. The second kappa shape index (κ2) is 8.79. The van der Waals surface area contributed by atoms with E-state index in [0.29, 0.717) is 55.1 Å². The van der Waals surface area contributed by atoms with Crippen molar-refractivity contribution in [2.24, 2.45) is 0 Å². The van der Waals surface area contributed by atoms with Crippen LogP contribution in [0.5, 0.6) is 5.75 Å². The summed E-state index contributed by atoms with van der Waals surface area (Å²) in [5.41, 5.74) is 1.29. The molecule has 4 aromatic rings. The first-order valence-corrected chi connectivity index (χ1v) is 12.1. The first-order valence-electron chi connectivity index (χ1n) is 12.1. The van der Waals surface area contributed by atoms with E-state index in [1.807, 2.05) is 0 Å². The summed E-state index contributed by atoms with van der Waals surface area (Å²) in [6.07, 6.45) is 3.53. The van der Waals surface area contributed by atoms with Gasteiger partial charge in [0.15, 0.2) is 5.65 Å². The number of nitrogens with one attached hydrogen (secondary N) is 1. The van der Waals surface area contributed by atoms with Crippen molar-refractivity contribution in [2.75, 3.05) is 25.0 Å². The molecule has 0 aliphatic carbocycles. The molecule has 1 fully saturated rings. The number of hydrogen-bond acceptors (Lipinski definition) is 6. The smallest absolute Gasteiger partial charge is 0.341 e. The van der Waals surface area contributed by atoms with E-state index >= 15 is 0 Å². The number of benzene rings is 2. The monoisotopic (exact) mass is 519 g/mol. The van der Waals surface area contributed by atoms with Crippen molar-refractivity contribution in [1.82, 2.24) is 19.5 Å². The van der Waals surface area contributed by atoms with Crippen LogP contribution in [0.15, 0.2) is 48.8 Å². The Morgan fingerprint density at radius 3 is 2.63 bits per heavy atom. The van der Waals surface area contributed by atoms with Gasteiger partial charge in [0.25, 0.3) is 5.91 Å². The van der Waals surface area contributed by atoms with Gasteiger partial charge in [0.1, 0.15) is 34.3 Å². The number of aromatic nitrogens is 3. The third-order valence-corrected chi connectivity index (χ3v) is 7.45. The van der Waals surface area contributed by atoms with Crippen molar-refractivity contribution in [3.05, 3.63) is 82.7 Å². The summed E-state index contributed by atoms with van der Waals surface area (Å²) in [6.45, 7) is 2.80. The summed E-state index contributed by atoms with van der Waals surface area (Å²) in [5.74, 6) is -1.49. The summed E-state index contributed by atoms with van der Waals surface area (Å²) >= 11 is 0. The van der Waals surface area contributed by atoms with Gasteiger partial charge in [0.05, 0.1) is 12.8 Å². The molecular formula is C27H23F2N5O4. The van der Waals surface area contributed by atoms with E-state index in [-0.39, 0.29) is 34.3 Å². The van der Waals surface area contributed by atoms with Gasteiger partial charge >= 0.3 is 5.97 Å². The lowest BCUT2D eigenvalue weighted by Crippen LogP contribution is -2.46. The molecule has 9 nitrogen and oxygen atoms in total. The summed E-state index contributed by atoms with van der Waals surface area (Å²) in [4.78, 5) is 31.3. The number of aromatic carboxylic acids is 1. The molecule has 0 radical (unpaired) electrons. The van der Waals surface area contributed by atoms with Crippen LogP contribution in [0.1, 0.15) is 44.7 Å². The van der Waals surface area contributed by atoms with Crippen LogP contribution in [0.4, 0.5) is 20.3 Å². The molecule has 6 rings (SSSR count). The number of carboxylic acids is 1. The normalized spacial score (nSPS) is 15.9. The minimum atomic E-state index is -1.21. The summed E-state index contributed by atoms with van der Waals surface area (Å²) in [6, 6.07) is 8.97. The van der Waals surface area contributed by atoms with Crippen LogP contribution in [0.2, 0.25) is 0 Å². The zero-order chi connectivity index (χ0) is 26.6. The van der Waals surface area contributed by atoms with E-state index < -0.39 is 17.2 Å². The average molecular weight is 520 g/mol. The Morgan fingerprint density at radius 2 is 1.89 bits per heavy atom. The molecule has 2 aliphatic rings. The Kier molecular flexibility index (Phi) is 5.51. The van der Waals surface area contributed by atoms with E-state index in [0.717, 1.165) is 0 Å². The molecule has 0 saturated carbocycles. The highest BCUT2D eigenvalue weighted by Crippen LogP contribution is 2.47. The summed E-state index contributed by atoms with van der Waals surface area (Å²) < 4.78 is 35.5. The molecule has 2 aromatic carbocycles. The molecule has 0 bridgehead atoms. The maximum Gasteiger partial charge on any atom is 0.341 e. The van der Waals surface area contributed by atoms with Gasteiger partial charge in [-0.3, -0.25) is 4.79 Å². The predicted molar refractivity (Wildman–Crippen MR) is 133 cm³/mol. The molecule has 4 heterocycles. The number of piperidine rings is 1. The molecule has 1 amide bonds. The third-order valence-electron chi connectivity index (χ3n) is 7.45. The quantitative estimate of drug-likeness (QED) is 0.413. The number of likely N-dealkylation sites (tertiary alicyclic amines) is 1. The fourth-order valence-corrected chi connectivity index (χ4v) is 5.38. The number of anilines is 2. The first-order chi connectivity index (χ1) is 18.3. The first kappa shape index (κ1) is 23.8. The van der Waals surface area contributed by atoms with Gasteiger partial charge in [-0.2, -0.15) is 9.61 Å². The summed E-state index contributed by atoms with van der Waals surface area (Å²) in [5, 5.41) is 16.8. The van der Waals surface area contributed by atoms with Gasteiger partial charge in [0, 0.05) is 36.0 Å². The van der Waals surface area contributed by atoms with Gasteiger partial charge in [-0.05, 0) is 55.7 Å². The van der Waals surface area contributed by atoms with Crippen molar-refractivity contribution >= 4 is 29.0 Å². The highest BCUT2D eigenvalue weighted by atomic mass is 19.1. The van der Waals surface area contributed by atoms with Crippen molar-refractivity contribution in [1.29, 1.82) is 0 Å². The van der Waals surface area contributed by atoms with Crippen LogP contribution >= 0.6 is 0 Å². The van der Waals surface area contributed by atoms with Crippen molar-refractivity contribution < 1.29 is 28.2 Å². The van der Waals surface area contributed by atoms with Gasteiger partial charge in [-0.15, -0.1) is 0 Å². The average Bonchev–Trinajstić information content (AvgIpc) is 3.49. The minimum absolute atomic E-state index is 0.0594. The standard InChI is InChI=1S/C27H23F2N5O4/c1-15-11-16(28)5-6-20(15)32-24-17(12-30-23-18(26(36)37)13-31-34(23)24)25(35)33-9-7-27(8-10-33)14-38-21-4-2-3-19(29)22(21)27/h2-6,11-13,32H,7-10,14H2,1H3,(H,36,37). The highest BCUT2D eigenvalue weighted by Gasteiger charge is 2.46. The maximum atomic E-state index is 14.7. The third kappa shape index (κ3) is 3.73. The number of nitrogens with zero attached hydrogens (tertiary/aromatic N) is 4. The molecule has 0 atom stereocenters. The lowest BCUT2D eigenvalue weighted by Gasteiger charge is -2.38. The fraction of sp³-hybridized carbons (Fsp3) is 0.259. The molecule has 1 spiro atoms. The topological polar surface area (TPSA) is 109 Å². The Morgan fingerprint density at radius 1 is 1.11 bits per heavy atom. The molecule has 2 aliphatic heterocycles. The van der Waals surface area contributed by atoms with Gasteiger partial charge < -0.3 is 20.1 Å². The van der Waals surface area contributed by atoms with Gasteiger partial charge in [-0.25, -0.2) is 18.6 Å². The molecule has 194 valence electrons. The molecule has 38 heavy (non-hydrogen) atoms. The number of carbonyl (C=O) groups excluding carboxylic acids is 1. The zero-order valence-corrected chi connectivity index (χ0v) is 20.4. The van der Waals surface area contributed by atoms with Crippen molar-refractivity contribution in [2.45, 2.75) is 25.2 Å². The number of ether oxygens (including phenoxy) is 1. The number of aryl methyl sites for hydroxylation is 1. The number of carbonyl (C=O) groups is 2. The maximum absolute atomic E-state index is 14.7. The van der Waals surface area contributed by atoms with Crippen LogP contribution in [-0.2, 0) is 5.41 Å². The Hall–Kier alpha value is -4.54. The van der Waals surface area contributed by atoms with Crippen LogP contribution in [0.25, 0.3) is 5.65 Å². The van der Waals surface area contributed by atoms with Crippen LogP contribution in [0.3, 0.4) is 0 Å². The van der Waals surface area contributed by atoms with Crippen LogP contribution in [-0.4, -0.2) is 56.2 Å². The second-order valence-electron chi connectivity index (χ2n) is 9.68. The van der Waals surface area contributed by atoms with Crippen LogP contribution in [0, 0.1) is 18.6 Å². The molecule has 2 N–H and O–H groups in total. The molecule has 1 saturated heterocycles. The molecule has 0 unspecified atom stereocenters. The fourth-order valence-electron chi connectivity index (χ4n) is 5.38. The van der Waals surface area contributed by atoms with Crippen molar-refractivity contribution in [3.63, 3.8) is 0 Å². The molecular weight excluding hydrogens is 496 g/mol. The van der Waals surface area contributed by atoms with E-state index in [4.69, 9.17) is 4.74 Å². The number of amides is 1. The Balaban J connectivity index is 1.34. The Labute approximate surface area is 215 Å². The SMILES string of the molecule is Cc1cc(F)ccc1Nc1c(C(=O)N2CCC3(CC2)COc2cccc(F)c23)cnc2c(C(=O)O)cnn12. The number of hydrogen-bond donors (Lipinski definition) is 2. The van der Waals surface area contributed by atoms with E-state index in [1.54, 1.807) is 24.0 Å². The van der Waals surface area contributed by atoms with Crippen LogP contribution < -0.4 is 10.1 Å². The van der Waals surface area contributed by atoms with Gasteiger partial charge in [-0.1, -0.05) is 6.07 Å². The summed E-state index contributed by atoms with van der Waals surface area (Å²) in [7, 11) is 0. The van der Waals surface area contributed by atoms with E-state index in [9.17, 15) is 23.5 Å². The Bertz CT molecular complexity index is 1610. The predicted octanol–water partition coefficient (Wildman–Crippen LogP) is 4.32. The number of fused-ring (bicyclic) bond motifs is 3. The molecule has 2 aromatic heterocycles. The van der Waals surface area contributed by atoms with Crippen molar-refractivity contribution in [3.8, 4) is 5.75 Å². The van der Waals surface area contributed by atoms with E-state index in [2.05, 4.69) is 15.4 Å². The number of halogens is 2. The second-order valence-corrected chi connectivity index (χ2v) is 9.68. The lowest BCUT2D eigenvalue weighted by atomic mass is 9.74. The van der Waals surface area contributed by atoms with E-state index in [1.165, 1.54) is 41.2 Å². The highest BCUT2D eigenvalue weighted by molar-refractivity contribution is 6.01. The largest absolute Gasteiger partial charge is 0.492 e. The lowest BCUT2D eigenvalue weighted by molar-refractivity contribution is 0.0643. The number of carboxylic acid groups (broad SMARTS) is 1. The molecule has 11 heteroatoms. The minimum Gasteiger partial charge on any atom is -0.492 e. The van der Waals surface area contributed by atoms with Gasteiger partial charge in [0.2, 0.25) is 0 Å². The number of rotatable bonds is 4.